The number of rotatable bonds is 5. The third-order valence-corrected chi connectivity index (χ3v) is 5.02. The van der Waals surface area contributed by atoms with Gasteiger partial charge >= 0.3 is 0 Å². The van der Waals surface area contributed by atoms with Gasteiger partial charge < -0.3 is 15.0 Å². The topological polar surface area (TPSA) is 37.4 Å². The predicted octanol–water partition coefficient (Wildman–Crippen LogP) is 4.15. The Bertz CT molecular complexity index is 586. The van der Waals surface area contributed by atoms with Crippen LogP contribution in [0.4, 0.5) is 11.4 Å². The SMILES string of the molecule is COc1nccc(N(C)C)c1NC(C)c1sccc1Br. The lowest BCUT2D eigenvalue weighted by molar-refractivity contribution is 0.399. The number of hydrogen-bond acceptors (Lipinski definition) is 5. The zero-order valence-corrected chi connectivity index (χ0v) is 14.4. The Morgan fingerprint density at radius 1 is 1.40 bits per heavy atom. The third-order valence-electron chi connectivity index (χ3n) is 2.97. The summed E-state index contributed by atoms with van der Waals surface area (Å²) in [5, 5.41) is 5.58. The van der Waals surface area contributed by atoms with Crippen LogP contribution in [0.25, 0.3) is 0 Å². The Morgan fingerprint density at radius 2 is 2.15 bits per heavy atom. The number of nitrogens with one attached hydrogen (secondary N) is 1. The quantitative estimate of drug-likeness (QED) is 0.873. The summed E-state index contributed by atoms with van der Waals surface area (Å²) < 4.78 is 6.50. The van der Waals surface area contributed by atoms with Crippen molar-refractivity contribution in [2.75, 3.05) is 31.4 Å². The van der Waals surface area contributed by atoms with Crippen LogP contribution in [0.15, 0.2) is 28.2 Å². The third kappa shape index (κ3) is 3.07. The molecule has 0 spiro atoms. The number of anilines is 2. The van der Waals surface area contributed by atoms with E-state index in [4.69, 9.17) is 4.74 Å². The van der Waals surface area contributed by atoms with Gasteiger partial charge in [-0.2, -0.15) is 0 Å². The van der Waals surface area contributed by atoms with E-state index in [9.17, 15) is 0 Å². The minimum Gasteiger partial charge on any atom is -0.479 e. The number of methoxy groups -OCH3 is 1. The molecule has 0 saturated carbocycles. The molecule has 0 amide bonds. The summed E-state index contributed by atoms with van der Waals surface area (Å²) in [5.74, 6) is 0.607. The molecule has 0 aliphatic heterocycles. The van der Waals surface area contributed by atoms with E-state index in [2.05, 4.69) is 44.6 Å². The maximum absolute atomic E-state index is 5.38. The van der Waals surface area contributed by atoms with Crippen molar-refractivity contribution >= 4 is 38.6 Å². The highest BCUT2D eigenvalue weighted by Crippen LogP contribution is 2.37. The summed E-state index contributed by atoms with van der Waals surface area (Å²) >= 11 is 5.30. The molecule has 0 aromatic carbocycles. The Kier molecular flexibility index (Phi) is 4.88. The van der Waals surface area contributed by atoms with E-state index in [1.165, 1.54) is 4.88 Å². The van der Waals surface area contributed by atoms with Gasteiger partial charge in [0.05, 0.1) is 18.8 Å². The van der Waals surface area contributed by atoms with E-state index in [-0.39, 0.29) is 6.04 Å². The maximum atomic E-state index is 5.38. The first-order valence-electron chi connectivity index (χ1n) is 6.24. The maximum Gasteiger partial charge on any atom is 0.239 e. The molecule has 0 aliphatic carbocycles. The number of hydrogen-bond donors (Lipinski definition) is 1. The van der Waals surface area contributed by atoms with Gasteiger partial charge in [-0.05, 0) is 40.4 Å². The van der Waals surface area contributed by atoms with Gasteiger partial charge in [-0.25, -0.2) is 4.98 Å². The zero-order valence-electron chi connectivity index (χ0n) is 12.0. The minimum absolute atomic E-state index is 0.168. The van der Waals surface area contributed by atoms with Crippen LogP contribution in [0, 0.1) is 0 Å². The fourth-order valence-corrected chi connectivity index (χ4v) is 3.72. The van der Waals surface area contributed by atoms with Crippen molar-refractivity contribution in [3.63, 3.8) is 0 Å². The highest BCUT2D eigenvalue weighted by molar-refractivity contribution is 9.10. The highest BCUT2D eigenvalue weighted by atomic mass is 79.9. The molecule has 0 fully saturated rings. The molecule has 2 heterocycles. The largest absolute Gasteiger partial charge is 0.479 e. The molecule has 2 rings (SSSR count). The summed E-state index contributed by atoms with van der Waals surface area (Å²) in [5.41, 5.74) is 1.96. The lowest BCUT2D eigenvalue weighted by Gasteiger charge is -2.23. The van der Waals surface area contributed by atoms with Crippen molar-refractivity contribution in [3.8, 4) is 5.88 Å². The first-order valence-corrected chi connectivity index (χ1v) is 7.91. The lowest BCUT2D eigenvalue weighted by Crippen LogP contribution is -2.15. The first kappa shape index (κ1) is 15.1. The monoisotopic (exact) mass is 355 g/mol. The van der Waals surface area contributed by atoms with Gasteiger partial charge in [0.2, 0.25) is 5.88 Å². The Labute approximate surface area is 131 Å². The van der Waals surface area contributed by atoms with Crippen molar-refractivity contribution in [3.05, 3.63) is 33.1 Å². The molecule has 6 heteroatoms. The Morgan fingerprint density at radius 3 is 2.70 bits per heavy atom. The van der Waals surface area contributed by atoms with Crippen LogP contribution in [-0.4, -0.2) is 26.2 Å². The normalized spacial score (nSPS) is 12.1. The summed E-state index contributed by atoms with van der Waals surface area (Å²) in [6, 6.07) is 4.20. The van der Waals surface area contributed by atoms with E-state index >= 15 is 0 Å². The second-order valence-electron chi connectivity index (χ2n) is 4.61. The molecule has 1 atom stereocenters. The molecule has 1 unspecified atom stereocenters. The van der Waals surface area contributed by atoms with Gasteiger partial charge in [0.15, 0.2) is 0 Å². The van der Waals surface area contributed by atoms with E-state index in [1.54, 1.807) is 24.6 Å². The van der Waals surface area contributed by atoms with Gasteiger partial charge in [0.25, 0.3) is 0 Å². The zero-order chi connectivity index (χ0) is 14.7. The van der Waals surface area contributed by atoms with Crippen LogP contribution in [0.1, 0.15) is 17.8 Å². The summed E-state index contributed by atoms with van der Waals surface area (Å²) in [7, 11) is 5.65. The second-order valence-corrected chi connectivity index (χ2v) is 6.41. The second kappa shape index (κ2) is 6.45. The Balaban J connectivity index is 2.35. The van der Waals surface area contributed by atoms with Gasteiger partial charge in [-0.15, -0.1) is 11.3 Å². The van der Waals surface area contributed by atoms with Crippen LogP contribution in [0.3, 0.4) is 0 Å². The lowest BCUT2D eigenvalue weighted by atomic mass is 10.2. The highest BCUT2D eigenvalue weighted by Gasteiger charge is 2.17. The average Bonchev–Trinajstić information content (AvgIpc) is 2.85. The molecule has 1 N–H and O–H groups in total. The molecule has 2 aromatic heterocycles. The smallest absolute Gasteiger partial charge is 0.239 e. The van der Waals surface area contributed by atoms with Crippen molar-refractivity contribution < 1.29 is 4.74 Å². The molecular formula is C14H18BrN3OS. The van der Waals surface area contributed by atoms with Crippen LogP contribution in [0.5, 0.6) is 5.88 Å². The van der Waals surface area contributed by atoms with Gasteiger partial charge in [-0.3, -0.25) is 0 Å². The minimum atomic E-state index is 0.168. The molecule has 20 heavy (non-hydrogen) atoms. The first-order chi connectivity index (χ1) is 9.54. The van der Waals surface area contributed by atoms with Crippen LogP contribution in [0.2, 0.25) is 0 Å². The van der Waals surface area contributed by atoms with Crippen molar-refractivity contribution in [2.45, 2.75) is 13.0 Å². The number of pyridine rings is 1. The number of aromatic nitrogens is 1. The molecule has 108 valence electrons. The van der Waals surface area contributed by atoms with Gasteiger partial charge in [0.1, 0.15) is 5.69 Å². The summed E-state index contributed by atoms with van der Waals surface area (Å²) in [4.78, 5) is 7.57. The standard InChI is InChI=1S/C14H18BrN3OS/c1-9(13-10(15)6-8-20-13)17-12-11(18(2)3)5-7-16-14(12)19-4/h5-9,17H,1-4H3. The molecule has 2 aromatic rings. The summed E-state index contributed by atoms with van der Waals surface area (Å²) in [6.07, 6.45) is 1.76. The number of thiophene rings is 1. The summed E-state index contributed by atoms with van der Waals surface area (Å²) in [6.45, 7) is 2.13. The predicted molar refractivity (Wildman–Crippen MR) is 89.2 cm³/mol. The van der Waals surface area contributed by atoms with E-state index in [0.717, 1.165) is 15.8 Å². The van der Waals surface area contributed by atoms with Crippen molar-refractivity contribution in [1.82, 2.24) is 4.98 Å². The molecule has 0 bridgehead atoms. The van der Waals surface area contributed by atoms with Gasteiger partial charge in [-0.1, -0.05) is 0 Å². The number of nitrogens with zero attached hydrogens (tertiary/aromatic N) is 2. The van der Waals surface area contributed by atoms with Crippen LogP contribution in [-0.2, 0) is 0 Å². The van der Waals surface area contributed by atoms with E-state index in [1.807, 2.05) is 25.1 Å². The number of halogens is 1. The fourth-order valence-electron chi connectivity index (χ4n) is 1.99. The molecule has 0 saturated heterocycles. The Hall–Kier alpha value is -1.27. The number of ether oxygens (including phenoxy) is 1. The fraction of sp³-hybridized carbons (Fsp3) is 0.357. The average molecular weight is 356 g/mol. The van der Waals surface area contributed by atoms with E-state index < -0.39 is 0 Å². The molecule has 0 aliphatic rings. The van der Waals surface area contributed by atoms with Crippen molar-refractivity contribution in [1.29, 1.82) is 0 Å². The molecule has 4 nitrogen and oxygen atoms in total. The molecule has 0 radical (unpaired) electrons. The van der Waals surface area contributed by atoms with Crippen LogP contribution >= 0.6 is 27.3 Å². The van der Waals surface area contributed by atoms with Crippen molar-refractivity contribution in [2.24, 2.45) is 0 Å². The molecular weight excluding hydrogens is 338 g/mol. The van der Waals surface area contributed by atoms with Crippen LogP contribution < -0.4 is 15.0 Å². The van der Waals surface area contributed by atoms with E-state index in [0.29, 0.717) is 5.88 Å². The van der Waals surface area contributed by atoms with Gasteiger partial charge in [0, 0.05) is 29.6 Å².